The van der Waals surface area contributed by atoms with Gasteiger partial charge < -0.3 is 22.4 Å². The van der Waals surface area contributed by atoms with Crippen molar-refractivity contribution in [2.24, 2.45) is 17.8 Å². The molecule has 0 N–H and O–H groups in total. The number of allylic oxidation sites excluding steroid dienone is 1. The number of amides is 1. The standard InChI is InChI=1S/C43H89NO8Si4/c1-26-27-31(2)37-43(15,50-37)38(52-56(24,25)42(12,13)14)33(30-49-54(20,21)40(6,7)8)36(46)32(29-48-53(18,19)39(3,4)5)34(28-35(45)44(16)47-17)51-55(22,23)41(9,10)11/h26-27,31-34,37-38H,28-30H2,1-25H3/t31-,32-,33-,34+,37+,38-,43?/m0/s1. The molecule has 1 rings (SSSR count). The van der Waals surface area contributed by atoms with E-state index in [2.05, 4.69) is 161 Å². The number of ether oxygens (including phenoxy) is 1. The minimum atomic E-state index is -2.55. The van der Waals surface area contributed by atoms with Gasteiger partial charge in [-0.15, -0.1) is 0 Å². The number of nitrogens with zero attached hydrogens (tertiary/aromatic N) is 1. The number of rotatable bonds is 20. The largest absolute Gasteiger partial charge is 0.416 e. The van der Waals surface area contributed by atoms with Crippen molar-refractivity contribution in [3.63, 3.8) is 0 Å². The maximum Gasteiger partial charge on any atom is 0.248 e. The summed E-state index contributed by atoms with van der Waals surface area (Å²) in [5, 5.41) is 0.721. The number of Topliss-reactive ketones (excluding diaryl/α,β-unsaturated/α-hetero) is 1. The lowest BCUT2D eigenvalue weighted by Crippen LogP contribution is -2.57. The Morgan fingerprint density at radius 1 is 0.714 bits per heavy atom. The van der Waals surface area contributed by atoms with Gasteiger partial charge in [-0.1, -0.05) is 102 Å². The Kier molecular flexibility index (Phi) is 17.8. The fraction of sp³-hybridized carbons (Fsp3) is 0.907. The van der Waals surface area contributed by atoms with E-state index in [4.69, 9.17) is 27.3 Å². The summed E-state index contributed by atoms with van der Waals surface area (Å²) in [7, 11) is -6.72. The molecular formula is C43H89NO8Si4. The highest BCUT2D eigenvalue weighted by Crippen LogP contribution is 2.52. The monoisotopic (exact) mass is 860 g/mol. The van der Waals surface area contributed by atoms with Gasteiger partial charge in [-0.2, -0.15) is 0 Å². The summed E-state index contributed by atoms with van der Waals surface area (Å²) in [6, 6.07) is 0. The van der Waals surface area contributed by atoms with Crippen molar-refractivity contribution in [1.82, 2.24) is 5.06 Å². The summed E-state index contributed by atoms with van der Waals surface area (Å²) in [6.45, 7) is 50.8. The Morgan fingerprint density at radius 2 is 1.11 bits per heavy atom. The molecule has 1 unspecified atom stereocenters. The van der Waals surface area contributed by atoms with E-state index in [-0.39, 0.29) is 63.5 Å². The Balaban J connectivity index is 4.32. The molecule has 0 saturated carbocycles. The molecule has 13 heteroatoms. The van der Waals surface area contributed by atoms with Crippen LogP contribution in [0.5, 0.6) is 0 Å². The van der Waals surface area contributed by atoms with E-state index in [1.807, 2.05) is 6.92 Å². The molecule has 1 aliphatic heterocycles. The highest BCUT2D eigenvalue weighted by Gasteiger charge is 2.65. The minimum Gasteiger partial charge on any atom is -0.416 e. The molecule has 7 atom stereocenters. The molecule has 0 aromatic rings. The molecular weight excluding hydrogens is 771 g/mol. The van der Waals surface area contributed by atoms with Crippen molar-refractivity contribution in [3.05, 3.63) is 12.2 Å². The van der Waals surface area contributed by atoms with Gasteiger partial charge in [0.25, 0.3) is 0 Å². The van der Waals surface area contributed by atoms with E-state index < -0.39 is 62.9 Å². The van der Waals surface area contributed by atoms with E-state index in [0.717, 1.165) is 0 Å². The van der Waals surface area contributed by atoms with Gasteiger partial charge in [0.15, 0.2) is 33.3 Å². The molecule has 56 heavy (non-hydrogen) atoms. The van der Waals surface area contributed by atoms with Crippen LogP contribution in [0.15, 0.2) is 12.2 Å². The van der Waals surface area contributed by atoms with Gasteiger partial charge in [0.1, 0.15) is 11.4 Å². The molecule has 1 saturated heterocycles. The quantitative estimate of drug-likeness (QED) is 0.0517. The number of hydroxylamine groups is 2. The summed E-state index contributed by atoms with van der Waals surface area (Å²) in [5.41, 5.74) is -0.752. The number of carbonyl (C=O) groups excluding carboxylic acids is 2. The van der Waals surface area contributed by atoms with Crippen LogP contribution in [0.25, 0.3) is 0 Å². The molecule has 9 nitrogen and oxygen atoms in total. The van der Waals surface area contributed by atoms with Gasteiger partial charge in [0.2, 0.25) is 5.91 Å². The van der Waals surface area contributed by atoms with Crippen LogP contribution in [0.3, 0.4) is 0 Å². The third-order valence-corrected chi connectivity index (χ3v) is 32.3. The number of carbonyl (C=O) groups is 2. The molecule has 0 aromatic carbocycles. The lowest BCUT2D eigenvalue weighted by Gasteiger charge is -2.46. The van der Waals surface area contributed by atoms with Crippen molar-refractivity contribution in [1.29, 1.82) is 0 Å². The molecule has 330 valence electrons. The van der Waals surface area contributed by atoms with Crippen LogP contribution in [-0.2, 0) is 36.9 Å². The Hall–Kier alpha value is -0.492. The average Bonchev–Trinajstić information content (AvgIpc) is 3.70. The van der Waals surface area contributed by atoms with Crippen LogP contribution in [0, 0.1) is 17.8 Å². The molecule has 0 bridgehead atoms. The molecule has 1 heterocycles. The topological polar surface area (TPSA) is 96.1 Å². The van der Waals surface area contributed by atoms with E-state index in [1.165, 1.54) is 12.2 Å². The third kappa shape index (κ3) is 13.3. The lowest BCUT2D eigenvalue weighted by atomic mass is 9.79. The normalized spacial score (nSPS) is 22.1. The molecule has 1 fully saturated rings. The summed E-state index contributed by atoms with van der Waals surface area (Å²) < 4.78 is 35.5. The van der Waals surface area contributed by atoms with Crippen molar-refractivity contribution >= 4 is 45.0 Å². The Labute approximate surface area is 349 Å². The van der Waals surface area contributed by atoms with Gasteiger partial charge in [-0.3, -0.25) is 14.4 Å². The smallest absolute Gasteiger partial charge is 0.248 e. The SMILES string of the molecule is CC=C[C@H](C)[C@H]1OC1(C)[C@@H](O[Si](C)(C)C(C)(C)C)[C@@H](CO[Si](C)(C)C(C)(C)C)C(=O)[C@@H](CO[Si](C)(C)C(C)(C)C)[C@@H](CC(=O)N(C)OC)O[Si](C)(C)C(C)(C)C. The summed E-state index contributed by atoms with van der Waals surface area (Å²) >= 11 is 0. The van der Waals surface area contributed by atoms with Gasteiger partial charge in [-0.05, 0) is 86.4 Å². The van der Waals surface area contributed by atoms with Crippen LogP contribution in [-0.4, -0.2) is 101 Å². The third-order valence-electron chi connectivity index (χ3n) is 14.3. The second kappa shape index (κ2) is 18.6. The summed E-state index contributed by atoms with van der Waals surface area (Å²) in [6.07, 6.45) is 2.67. The minimum absolute atomic E-state index is 0.0353. The van der Waals surface area contributed by atoms with E-state index in [0.29, 0.717) is 0 Å². The highest BCUT2D eigenvalue weighted by molar-refractivity contribution is 6.75. The number of ketones is 1. The van der Waals surface area contributed by atoms with E-state index >= 15 is 4.79 Å². The van der Waals surface area contributed by atoms with Gasteiger partial charge in [-0.25, -0.2) is 5.06 Å². The van der Waals surface area contributed by atoms with Crippen LogP contribution in [0.2, 0.25) is 72.5 Å². The van der Waals surface area contributed by atoms with Crippen LogP contribution in [0.4, 0.5) is 0 Å². The van der Waals surface area contributed by atoms with E-state index in [9.17, 15) is 4.79 Å². The van der Waals surface area contributed by atoms with Crippen LogP contribution >= 0.6 is 0 Å². The molecule has 1 amide bonds. The molecule has 0 aromatic heterocycles. The van der Waals surface area contributed by atoms with Crippen molar-refractivity contribution in [3.8, 4) is 0 Å². The zero-order chi connectivity index (χ0) is 44.5. The fourth-order valence-corrected chi connectivity index (χ4v) is 10.6. The number of hydrogen-bond acceptors (Lipinski definition) is 8. The summed E-state index contributed by atoms with van der Waals surface area (Å²) in [5.74, 6) is -1.72. The van der Waals surface area contributed by atoms with Crippen LogP contribution < -0.4 is 0 Å². The highest BCUT2D eigenvalue weighted by atomic mass is 28.4. The molecule has 0 aliphatic carbocycles. The maximum absolute atomic E-state index is 16.1. The van der Waals surface area contributed by atoms with Crippen molar-refractivity contribution in [2.45, 2.75) is 207 Å². The Morgan fingerprint density at radius 3 is 1.48 bits per heavy atom. The second-order valence-electron chi connectivity index (χ2n) is 22.9. The van der Waals surface area contributed by atoms with Gasteiger partial charge >= 0.3 is 0 Å². The van der Waals surface area contributed by atoms with Gasteiger partial charge in [0, 0.05) is 26.2 Å². The maximum atomic E-state index is 16.1. The Bertz CT molecular complexity index is 1340. The first kappa shape index (κ1) is 53.5. The first-order valence-electron chi connectivity index (χ1n) is 21.0. The first-order chi connectivity index (χ1) is 24.7. The fourth-order valence-electron chi connectivity index (χ4n) is 5.81. The van der Waals surface area contributed by atoms with E-state index in [1.54, 1.807) is 7.05 Å². The molecule has 0 radical (unpaired) electrons. The first-order valence-corrected chi connectivity index (χ1v) is 32.7. The average molecular weight is 861 g/mol. The van der Waals surface area contributed by atoms with Crippen LogP contribution in [0.1, 0.15) is 110 Å². The van der Waals surface area contributed by atoms with Crippen molar-refractivity contribution in [2.75, 3.05) is 27.4 Å². The summed E-state index contributed by atoms with van der Waals surface area (Å²) in [4.78, 5) is 35.4. The van der Waals surface area contributed by atoms with Crippen molar-refractivity contribution < 1.29 is 36.9 Å². The zero-order valence-corrected chi connectivity index (χ0v) is 45.0. The number of hydrogen-bond donors (Lipinski definition) is 0. The van der Waals surface area contributed by atoms with Gasteiger partial charge in [0.05, 0.1) is 43.7 Å². The predicted octanol–water partition coefficient (Wildman–Crippen LogP) is 11.4. The predicted molar refractivity (Wildman–Crippen MR) is 244 cm³/mol. The molecule has 0 spiro atoms. The zero-order valence-electron chi connectivity index (χ0n) is 41.0. The lowest BCUT2D eigenvalue weighted by molar-refractivity contribution is -0.171. The number of epoxide rings is 1. The second-order valence-corrected chi connectivity index (χ2v) is 42.0. The molecule has 1 aliphatic rings.